The van der Waals surface area contributed by atoms with Gasteiger partial charge in [-0.15, -0.1) is 0 Å². The Labute approximate surface area is 105 Å². The molecule has 3 nitrogen and oxygen atoms in total. The first kappa shape index (κ1) is 12.2. The van der Waals surface area contributed by atoms with E-state index in [0.29, 0.717) is 5.56 Å². The van der Waals surface area contributed by atoms with Gasteiger partial charge in [-0.2, -0.15) is 0 Å². The molecule has 0 atom stereocenters. The van der Waals surface area contributed by atoms with Crippen LogP contribution < -0.4 is 0 Å². The van der Waals surface area contributed by atoms with Crippen LogP contribution in [0.2, 0.25) is 5.02 Å². The monoisotopic (exact) mass is 254 g/mol. The molecule has 1 aromatic rings. The predicted molar refractivity (Wildman–Crippen MR) is 65.7 cm³/mol. The number of rotatable bonds is 1. The quantitative estimate of drug-likeness (QED) is 0.619. The van der Waals surface area contributed by atoms with Gasteiger partial charge in [-0.25, -0.2) is 4.79 Å². The van der Waals surface area contributed by atoms with Gasteiger partial charge in [-0.05, 0) is 42.9 Å². The lowest BCUT2D eigenvalue weighted by Crippen LogP contribution is -2.09. The summed E-state index contributed by atoms with van der Waals surface area (Å²) in [4.78, 5) is 11.8. The fourth-order valence-corrected chi connectivity index (χ4v) is 2.60. The van der Waals surface area contributed by atoms with Gasteiger partial charge in [0.05, 0.1) is 17.7 Å². The molecule has 1 aliphatic carbocycles. The number of ether oxygens (including phenoxy) is 1. The number of aromatic hydroxyl groups is 1. The number of methoxy groups -OCH3 is 1. The fraction of sp³-hybridized carbons (Fsp3) is 0.462. The lowest BCUT2D eigenvalue weighted by atomic mass is 9.96. The summed E-state index contributed by atoms with van der Waals surface area (Å²) in [5, 5.41) is 9.86. The molecule has 17 heavy (non-hydrogen) atoms. The second-order valence-electron chi connectivity index (χ2n) is 4.27. The van der Waals surface area contributed by atoms with Gasteiger partial charge >= 0.3 is 5.97 Å². The lowest BCUT2D eigenvalue weighted by Gasteiger charge is -2.14. The maximum atomic E-state index is 11.8. The largest absolute Gasteiger partial charge is 0.506 e. The molecule has 0 aromatic heterocycles. The SMILES string of the molecule is COC(=O)c1c(Cl)c(O)cc2c1CCCCC2. The maximum Gasteiger partial charge on any atom is 0.339 e. The number of phenolic OH excluding ortho intramolecular Hbond substituents is 1. The standard InChI is InChI=1S/C13H15ClO3/c1-17-13(16)11-9-6-4-2-3-5-8(9)7-10(15)12(11)14/h7,15H,2-6H2,1H3. The van der Waals surface area contributed by atoms with E-state index in [0.717, 1.165) is 43.2 Å². The summed E-state index contributed by atoms with van der Waals surface area (Å²) >= 11 is 6.01. The van der Waals surface area contributed by atoms with Crippen molar-refractivity contribution in [1.29, 1.82) is 0 Å². The molecule has 0 aliphatic heterocycles. The summed E-state index contributed by atoms with van der Waals surface area (Å²) < 4.78 is 4.74. The number of hydrogen-bond donors (Lipinski definition) is 1. The first-order valence-electron chi connectivity index (χ1n) is 5.76. The second-order valence-corrected chi connectivity index (χ2v) is 4.65. The van der Waals surface area contributed by atoms with E-state index in [1.807, 2.05) is 0 Å². The molecule has 2 rings (SSSR count). The Morgan fingerprint density at radius 2 is 2.06 bits per heavy atom. The van der Waals surface area contributed by atoms with E-state index >= 15 is 0 Å². The van der Waals surface area contributed by atoms with E-state index in [1.165, 1.54) is 7.11 Å². The van der Waals surface area contributed by atoms with Crippen molar-refractivity contribution in [3.05, 3.63) is 27.8 Å². The van der Waals surface area contributed by atoms with E-state index in [9.17, 15) is 9.90 Å². The number of halogens is 1. The number of hydrogen-bond acceptors (Lipinski definition) is 3. The minimum Gasteiger partial charge on any atom is -0.506 e. The Kier molecular flexibility index (Phi) is 3.57. The minimum atomic E-state index is -0.468. The first-order chi connectivity index (χ1) is 8.15. The molecule has 0 amide bonds. The Morgan fingerprint density at radius 1 is 1.35 bits per heavy atom. The van der Waals surface area contributed by atoms with Gasteiger partial charge in [0.2, 0.25) is 0 Å². The molecule has 0 saturated carbocycles. The van der Waals surface area contributed by atoms with E-state index in [4.69, 9.17) is 16.3 Å². The third kappa shape index (κ3) is 2.25. The molecule has 0 fully saturated rings. The molecule has 1 aromatic carbocycles. The molecule has 0 saturated heterocycles. The van der Waals surface area contributed by atoms with E-state index in [2.05, 4.69) is 0 Å². The molecular formula is C13H15ClO3. The van der Waals surface area contributed by atoms with Gasteiger partial charge in [-0.3, -0.25) is 0 Å². The predicted octanol–water partition coefficient (Wildman–Crippen LogP) is 3.10. The van der Waals surface area contributed by atoms with Gasteiger partial charge in [-0.1, -0.05) is 18.0 Å². The highest BCUT2D eigenvalue weighted by Gasteiger charge is 2.23. The number of phenols is 1. The van der Waals surface area contributed by atoms with Gasteiger partial charge in [0.15, 0.2) is 0 Å². The molecule has 92 valence electrons. The summed E-state index contributed by atoms with van der Waals surface area (Å²) in [6.45, 7) is 0. The van der Waals surface area contributed by atoms with Crippen molar-refractivity contribution in [2.24, 2.45) is 0 Å². The summed E-state index contributed by atoms with van der Waals surface area (Å²) in [6, 6.07) is 1.68. The van der Waals surface area contributed by atoms with Crippen LogP contribution in [0.5, 0.6) is 5.75 Å². The van der Waals surface area contributed by atoms with E-state index < -0.39 is 5.97 Å². The Bertz CT molecular complexity index is 454. The highest BCUT2D eigenvalue weighted by atomic mass is 35.5. The van der Waals surface area contributed by atoms with E-state index in [1.54, 1.807) is 6.07 Å². The zero-order valence-corrected chi connectivity index (χ0v) is 10.5. The zero-order valence-electron chi connectivity index (χ0n) is 9.75. The van der Waals surface area contributed by atoms with Gasteiger partial charge in [0.25, 0.3) is 0 Å². The average Bonchev–Trinajstić information content (AvgIpc) is 2.55. The van der Waals surface area contributed by atoms with E-state index in [-0.39, 0.29) is 10.8 Å². The Balaban J connectivity index is 2.61. The highest BCUT2D eigenvalue weighted by Crippen LogP contribution is 2.36. The van der Waals surface area contributed by atoms with Gasteiger partial charge < -0.3 is 9.84 Å². The van der Waals surface area contributed by atoms with Crippen LogP contribution in [0.4, 0.5) is 0 Å². The third-order valence-corrected chi connectivity index (χ3v) is 3.59. The molecular weight excluding hydrogens is 240 g/mol. The molecule has 4 heteroatoms. The van der Waals surface area contributed by atoms with Crippen LogP contribution in [0.25, 0.3) is 0 Å². The molecule has 0 bridgehead atoms. The zero-order chi connectivity index (χ0) is 12.4. The van der Waals surface area contributed by atoms with Crippen LogP contribution in [0.1, 0.15) is 40.7 Å². The Hall–Kier alpha value is -1.22. The van der Waals surface area contributed by atoms with Crippen molar-refractivity contribution in [3.63, 3.8) is 0 Å². The van der Waals surface area contributed by atoms with Crippen LogP contribution in [0.15, 0.2) is 6.07 Å². The van der Waals surface area contributed by atoms with Gasteiger partial charge in [0, 0.05) is 0 Å². The topological polar surface area (TPSA) is 46.5 Å². The maximum absolute atomic E-state index is 11.8. The van der Waals surface area contributed by atoms with Crippen LogP contribution in [0, 0.1) is 0 Å². The lowest BCUT2D eigenvalue weighted by molar-refractivity contribution is 0.0599. The van der Waals surface area contributed by atoms with Gasteiger partial charge in [0.1, 0.15) is 5.75 Å². The number of benzene rings is 1. The van der Waals surface area contributed by atoms with Crippen molar-refractivity contribution in [2.75, 3.05) is 7.11 Å². The molecule has 0 unspecified atom stereocenters. The number of carbonyl (C=O) groups is 1. The van der Waals surface area contributed by atoms with Crippen molar-refractivity contribution in [2.45, 2.75) is 32.1 Å². The normalized spacial score (nSPS) is 14.9. The summed E-state index contributed by atoms with van der Waals surface area (Å²) in [7, 11) is 1.33. The van der Waals surface area contributed by atoms with Crippen LogP contribution in [-0.2, 0) is 17.6 Å². The molecule has 0 heterocycles. The molecule has 0 radical (unpaired) electrons. The summed E-state index contributed by atoms with van der Waals surface area (Å²) in [5.74, 6) is -0.503. The average molecular weight is 255 g/mol. The Morgan fingerprint density at radius 3 is 2.76 bits per heavy atom. The van der Waals surface area contributed by atoms with Crippen LogP contribution in [0.3, 0.4) is 0 Å². The number of fused-ring (bicyclic) bond motifs is 1. The highest BCUT2D eigenvalue weighted by molar-refractivity contribution is 6.35. The molecule has 1 aliphatic rings. The third-order valence-electron chi connectivity index (χ3n) is 3.21. The van der Waals surface area contributed by atoms with Crippen LogP contribution in [-0.4, -0.2) is 18.2 Å². The summed E-state index contributed by atoms with van der Waals surface area (Å²) in [5.41, 5.74) is 2.30. The number of aryl methyl sites for hydroxylation is 1. The smallest absolute Gasteiger partial charge is 0.339 e. The fourth-order valence-electron chi connectivity index (χ4n) is 2.35. The van der Waals surface area contributed by atoms with Crippen LogP contribution >= 0.6 is 11.6 Å². The minimum absolute atomic E-state index is 0.0345. The second kappa shape index (κ2) is 4.96. The van der Waals surface area contributed by atoms with Crippen molar-refractivity contribution in [1.82, 2.24) is 0 Å². The number of carbonyl (C=O) groups excluding carboxylic acids is 1. The first-order valence-corrected chi connectivity index (χ1v) is 6.14. The summed E-state index contributed by atoms with van der Waals surface area (Å²) in [6.07, 6.45) is 4.95. The van der Waals surface area contributed by atoms with Crippen molar-refractivity contribution in [3.8, 4) is 5.75 Å². The molecule has 1 N–H and O–H groups in total. The van der Waals surface area contributed by atoms with Crippen molar-refractivity contribution < 1.29 is 14.6 Å². The molecule has 0 spiro atoms. The van der Waals surface area contributed by atoms with Crippen molar-refractivity contribution >= 4 is 17.6 Å². The number of esters is 1.